The summed E-state index contributed by atoms with van der Waals surface area (Å²) in [4.78, 5) is 19.0. The average molecular weight is 396 g/mol. The van der Waals surface area contributed by atoms with E-state index in [0.29, 0.717) is 17.0 Å². The van der Waals surface area contributed by atoms with Gasteiger partial charge in [-0.2, -0.15) is 5.26 Å². The van der Waals surface area contributed by atoms with E-state index in [0.717, 1.165) is 17.7 Å². The molecule has 1 amide bonds. The summed E-state index contributed by atoms with van der Waals surface area (Å²) in [5.41, 5.74) is 2.14. The Morgan fingerprint density at radius 1 is 1.50 bits per heavy atom. The highest BCUT2D eigenvalue weighted by Crippen LogP contribution is 2.26. The van der Waals surface area contributed by atoms with Gasteiger partial charge in [0.25, 0.3) is 0 Å². The number of rotatable bonds is 6. The molecular weight excluding hydrogens is 370 g/mol. The molecule has 0 radical (unpaired) electrons. The van der Waals surface area contributed by atoms with Crippen LogP contribution in [-0.4, -0.2) is 53.6 Å². The lowest BCUT2D eigenvalue weighted by atomic mass is 10.1. The van der Waals surface area contributed by atoms with E-state index in [1.54, 1.807) is 4.90 Å². The molecule has 1 aromatic heterocycles. The maximum Gasteiger partial charge on any atom is 0.233 e. The zero-order valence-corrected chi connectivity index (χ0v) is 17.3. The Labute approximate surface area is 159 Å². The van der Waals surface area contributed by atoms with Crippen LogP contribution in [0.15, 0.2) is 11.1 Å². The van der Waals surface area contributed by atoms with Crippen LogP contribution in [0.3, 0.4) is 0 Å². The van der Waals surface area contributed by atoms with Crippen LogP contribution >= 0.6 is 11.8 Å². The number of carbonyl (C=O) groups is 1. The van der Waals surface area contributed by atoms with Crippen molar-refractivity contribution < 1.29 is 13.2 Å². The molecule has 142 valence electrons. The van der Waals surface area contributed by atoms with Crippen molar-refractivity contribution in [3.8, 4) is 6.07 Å². The normalized spacial score (nSPS) is 19.7. The summed E-state index contributed by atoms with van der Waals surface area (Å²) in [5, 5.41) is 9.91. The van der Waals surface area contributed by atoms with Crippen LogP contribution in [0.5, 0.6) is 0 Å². The molecule has 8 heteroatoms. The van der Waals surface area contributed by atoms with Gasteiger partial charge in [-0.15, -0.1) is 0 Å². The van der Waals surface area contributed by atoms with Gasteiger partial charge in [-0.3, -0.25) is 4.79 Å². The molecule has 0 saturated carbocycles. The van der Waals surface area contributed by atoms with E-state index in [4.69, 9.17) is 0 Å². The van der Waals surface area contributed by atoms with Crippen LogP contribution < -0.4 is 0 Å². The zero-order valence-electron chi connectivity index (χ0n) is 15.7. The zero-order chi connectivity index (χ0) is 19.5. The van der Waals surface area contributed by atoms with Crippen molar-refractivity contribution in [3.63, 3.8) is 0 Å². The summed E-state index contributed by atoms with van der Waals surface area (Å²) in [7, 11) is -3.06. The molecule has 0 N–H and O–H groups in total. The van der Waals surface area contributed by atoms with Crippen LogP contribution in [0.1, 0.15) is 43.5 Å². The Morgan fingerprint density at radius 2 is 2.19 bits per heavy atom. The highest BCUT2D eigenvalue weighted by atomic mass is 32.2. The van der Waals surface area contributed by atoms with Gasteiger partial charge in [0.2, 0.25) is 5.91 Å². The van der Waals surface area contributed by atoms with Gasteiger partial charge in [0, 0.05) is 17.8 Å². The lowest BCUT2D eigenvalue weighted by Crippen LogP contribution is -2.47. The predicted octanol–water partition coefficient (Wildman–Crippen LogP) is 2.48. The van der Waals surface area contributed by atoms with Gasteiger partial charge >= 0.3 is 0 Å². The van der Waals surface area contributed by atoms with Gasteiger partial charge < -0.3 is 4.90 Å². The van der Waals surface area contributed by atoms with E-state index >= 15 is 0 Å². The summed E-state index contributed by atoms with van der Waals surface area (Å²) < 4.78 is 23.7. The number of thioether (sulfide) groups is 1. The second kappa shape index (κ2) is 8.40. The summed E-state index contributed by atoms with van der Waals surface area (Å²) in [6.45, 7) is 7.65. The van der Waals surface area contributed by atoms with Gasteiger partial charge in [0.05, 0.1) is 22.8 Å². The second-order valence-corrected chi connectivity index (χ2v) is 9.97. The molecular formula is C18H25N3O3S2. The highest BCUT2D eigenvalue weighted by Gasteiger charge is 2.36. The Balaban J connectivity index is 2.17. The lowest BCUT2D eigenvalue weighted by molar-refractivity contribution is -0.132. The van der Waals surface area contributed by atoms with Crippen molar-refractivity contribution in [1.82, 2.24) is 9.88 Å². The third-order valence-corrected chi connectivity index (χ3v) is 7.42. The van der Waals surface area contributed by atoms with Crippen LogP contribution in [0.4, 0.5) is 0 Å². The molecule has 0 aliphatic carbocycles. The van der Waals surface area contributed by atoms with Crippen LogP contribution in [0, 0.1) is 25.2 Å². The average Bonchev–Trinajstić information content (AvgIpc) is 2.92. The van der Waals surface area contributed by atoms with Crippen molar-refractivity contribution in [2.75, 3.05) is 17.3 Å². The molecule has 1 aromatic rings. The third-order valence-electron chi connectivity index (χ3n) is 4.71. The number of carbonyl (C=O) groups excluding carboxylic acids is 1. The fraction of sp³-hybridized carbons (Fsp3) is 0.611. The largest absolute Gasteiger partial charge is 0.335 e. The van der Waals surface area contributed by atoms with Crippen molar-refractivity contribution >= 4 is 27.5 Å². The minimum Gasteiger partial charge on any atom is -0.335 e. The fourth-order valence-corrected chi connectivity index (χ4v) is 5.93. The molecule has 0 aromatic carbocycles. The first-order chi connectivity index (χ1) is 12.2. The molecule has 2 rings (SSSR count). The Morgan fingerprint density at radius 3 is 2.73 bits per heavy atom. The molecule has 0 spiro atoms. The van der Waals surface area contributed by atoms with Crippen molar-refractivity contribution in [2.24, 2.45) is 0 Å². The van der Waals surface area contributed by atoms with Crippen molar-refractivity contribution in [1.29, 1.82) is 5.26 Å². The lowest BCUT2D eigenvalue weighted by Gasteiger charge is -2.33. The SMILES string of the molecule is CC[C@@H](C)N(C(=O)CSc1nc(C)cc(C)c1C#N)[C@H]1CCS(=O)(=O)C1. The summed E-state index contributed by atoms with van der Waals surface area (Å²) in [5.74, 6) is 0.225. The number of pyridine rings is 1. The van der Waals surface area contributed by atoms with E-state index in [9.17, 15) is 18.5 Å². The minimum absolute atomic E-state index is 0.0240. The molecule has 1 aliphatic rings. The van der Waals surface area contributed by atoms with Crippen LogP contribution in [0.2, 0.25) is 0 Å². The first-order valence-corrected chi connectivity index (χ1v) is 11.5. The Hall–Kier alpha value is -1.59. The molecule has 1 fully saturated rings. The molecule has 6 nitrogen and oxygen atoms in total. The Bertz CT molecular complexity index is 831. The molecule has 0 unspecified atom stereocenters. The van der Waals surface area contributed by atoms with Crippen molar-refractivity contribution in [3.05, 3.63) is 22.9 Å². The van der Waals surface area contributed by atoms with Gasteiger partial charge in [-0.05, 0) is 45.2 Å². The van der Waals surface area contributed by atoms with Gasteiger partial charge in [-0.1, -0.05) is 18.7 Å². The number of aryl methyl sites for hydroxylation is 2. The molecule has 2 heterocycles. The maximum atomic E-state index is 12.9. The second-order valence-electron chi connectivity index (χ2n) is 6.78. The monoisotopic (exact) mass is 395 g/mol. The van der Waals surface area contributed by atoms with E-state index < -0.39 is 9.84 Å². The molecule has 0 bridgehead atoms. The summed E-state index contributed by atoms with van der Waals surface area (Å²) >= 11 is 1.25. The van der Waals surface area contributed by atoms with Gasteiger partial charge in [0.15, 0.2) is 9.84 Å². The van der Waals surface area contributed by atoms with E-state index in [1.165, 1.54) is 11.8 Å². The first-order valence-electron chi connectivity index (χ1n) is 8.71. The van der Waals surface area contributed by atoms with Crippen LogP contribution in [-0.2, 0) is 14.6 Å². The number of sulfone groups is 1. The fourth-order valence-electron chi connectivity index (χ4n) is 3.25. The van der Waals surface area contributed by atoms with Crippen molar-refractivity contribution in [2.45, 2.75) is 57.6 Å². The number of nitrogens with zero attached hydrogens (tertiary/aromatic N) is 3. The molecule has 2 atom stereocenters. The van der Waals surface area contributed by atoms with E-state index in [-0.39, 0.29) is 35.2 Å². The van der Waals surface area contributed by atoms with E-state index in [1.807, 2.05) is 33.8 Å². The number of hydrogen-bond acceptors (Lipinski definition) is 6. The number of hydrogen-bond donors (Lipinski definition) is 0. The highest BCUT2D eigenvalue weighted by molar-refractivity contribution is 8.00. The van der Waals surface area contributed by atoms with Gasteiger partial charge in [-0.25, -0.2) is 13.4 Å². The number of nitriles is 1. The smallest absolute Gasteiger partial charge is 0.233 e. The number of aromatic nitrogens is 1. The summed E-state index contributed by atoms with van der Waals surface area (Å²) in [6.07, 6.45) is 1.26. The quantitative estimate of drug-likeness (QED) is 0.687. The third kappa shape index (κ3) is 4.77. The number of amides is 1. The standard InChI is InChI=1S/C18H25N3O3S2/c1-5-14(4)21(15-6-7-26(23,24)11-15)17(22)10-25-18-16(9-19)12(2)8-13(3)20-18/h8,14-15H,5-7,10-11H2,1-4H3/t14-,15+/m1/s1. The first kappa shape index (κ1) is 20.7. The topological polar surface area (TPSA) is 91.1 Å². The molecule has 26 heavy (non-hydrogen) atoms. The molecule has 1 aliphatic heterocycles. The maximum absolute atomic E-state index is 12.9. The van der Waals surface area contributed by atoms with Crippen LogP contribution in [0.25, 0.3) is 0 Å². The van der Waals surface area contributed by atoms with Gasteiger partial charge in [0.1, 0.15) is 11.1 Å². The van der Waals surface area contributed by atoms with E-state index in [2.05, 4.69) is 11.1 Å². The minimum atomic E-state index is -3.06. The summed E-state index contributed by atoms with van der Waals surface area (Å²) in [6, 6.07) is 3.72. The predicted molar refractivity (Wildman–Crippen MR) is 103 cm³/mol. The molecule has 1 saturated heterocycles. The Kier molecular flexibility index (Phi) is 6.69.